The van der Waals surface area contributed by atoms with Crippen molar-refractivity contribution >= 4 is 55.2 Å². The molecule has 0 amide bonds. The number of methoxy groups -OCH3 is 1. The molecule has 200 valence electrons. The lowest BCUT2D eigenvalue weighted by Gasteiger charge is -2.26. The molecule has 0 bridgehead atoms. The molecule has 1 N–H and O–H groups in total. The highest BCUT2D eigenvalue weighted by atomic mass is 79.9. The van der Waals surface area contributed by atoms with E-state index in [9.17, 15) is 14.7 Å². The Balaban J connectivity index is 1.93. The van der Waals surface area contributed by atoms with Crippen molar-refractivity contribution in [2.45, 2.75) is 26.3 Å². The highest BCUT2D eigenvalue weighted by molar-refractivity contribution is 9.11. The second-order valence-electron chi connectivity index (χ2n) is 8.43. The minimum absolute atomic E-state index is 0.0690. The summed E-state index contributed by atoms with van der Waals surface area (Å²) in [7, 11) is 1.53. The number of esters is 1. The average molecular weight is 666 g/mol. The standard InChI is InChI=1S/C27H26Br2N2O6S/c1-4-9-36-20-8-6-5-7-17(20)23-22(26(34)37-11-10-35-3)15(2)30-27-31(23)25(33)21(38-27)14-16-12-18(28)24(32)19(29)13-16/h5-8,12-14,23,32H,4,9-11H2,1-3H3/b21-14+/t23-/m0/s1. The summed E-state index contributed by atoms with van der Waals surface area (Å²) in [5.74, 6) is 0.0797. The lowest BCUT2D eigenvalue weighted by atomic mass is 9.95. The van der Waals surface area contributed by atoms with Crippen molar-refractivity contribution in [1.82, 2.24) is 4.57 Å². The number of thiazole rings is 1. The summed E-state index contributed by atoms with van der Waals surface area (Å²) in [6.45, 7) is 4.55. The van der Waals surface area contributed by atoms with Crippen LogP contribution in [0.2, 0.25) is 0 Å². The fourth-order valence-electron chi connectivity index (χ4n) is 4.04. The number of aromatic hydroxyl groups is 1. The van der Waals surface area contributed by atoms with Crippen molar-refractivity contribution in [2.24, 2.45) is 4.99 Å². The molecule has 0 fully saturated rings. The van der Waals surface area contributed by atoms with Crippen LogP contribution in [0, 0.1) is 0 Å². The van der Waals surface area contributed by atoms with Gasteiger partial charge in [-0.2, -0.15) is 0 Å². The van der Waals surface area contributed by atoms with Gasteiger partial charge < -0.3 is 19.3 Å². The van der Waals surface area contributed by atoms with Crippen molar-refractivity contribution in [1.29, 1.82) is 0 Å². The summed E-state index contributed by atoms with van der Waals surface area (Å²) in [5, 5.41) is 10.1. The van der Waals surface area contributed by atoms with Crippen LogP contribution in [-0.2, 0) is 14.3 Å². The van der Waals surface area contributed by atoms with Crippen LogP contribution in [0.1, 0.15) is 37.4 Å². The molecule has 38 heavy (non-hydrogen) atoms. The number of carbonyl (C=O) groups is 1. The number of allylic oxidation sites excluding steroid dienone is 1. The van der Waals surface area contributed by atoms with Crippen molar-refractivity contribution in [3.8, 4) is 11.5 Å². The highest BCUT2D eigenvalue weighted by Crippen LogP contribution is 2.36. The molecule has 2 aromatic carbocycles. The zero-order valence-electron chi connectivity index (χ0n) is 21.0. The molecule has 4 rings (SSSR count). The molecule has 3 aromatic rings. The Kier molecular flexibility index (Phi) is 9.24. The summed E-state index contributed by atoms with van der Waals surface area (Å²) in [6.07, 6.45) is 2.53. The maximum Gasteiger partial charge on any atom is 0.338 e. The van der Waals surface area contributed by atoms with Crippen LogP contribution in [0.15, 0.2) is 66.4 Å². The summed E-state index contributed by atoms with van der Waals surface area (Å²) < 4.78 is 19.4. The number of phenols is 1. The van der Waals surface area contributed by atoms with Gasteiger partial charge in [0, 0.05) is 12.7 Å². The second-order valence-corrected chi connectivity index (χ2v) is 11.1. The molecule has 0 saturated carbocycles. The quantitative estimate of drug-likeness (QED) is 0.268. The maximum absolute atomic E-state index is 13.9. The number of nitrogens with zero attached hydrogens (tertiary/aromatic N) is 2. The van der Waals surface area contributed by atoms with Gasteiger partial charge >= 0.3 is 5.97 Å². The van der Waals surface area contributed by atoms with Crippen LogP contribution in [0.5, 0.6) is 11.5 Å². The number of fused-ring (bicyclic) bond motifs is 1. The lowest BCUT2D eigenvalue weighted by Crippen LogP contribution is -2.40. The molecule has 0 radical (unpaired) electrons. The van der Waals surface area contributed by atoms with E-state index in [0.717, 1.165) is 6.42 Å². The fourth-order valence-corrected chi connectivity index (χ4v) is 6.31. The molecule has 11 heteroatoms. The van der Waals surface area contributed by atoms with E-state index in [1.54, 1.807) is 25.1 Å². The SMILES string of the molecule is CCCOc1ccccc1[C@H]1C(C(=O)OCCOC)=C(C)N=c2s/c(=C/c3cc(Br)c(O)c(Br)c3)c(=O)n21. The smallest absolute Gasteiger partial charge is 0.338 e. The van der Waals surface area contributed by atoms with Gasteiger partial charge in [-0.3, -0.25) is 9.36 Å². The van der Waals surface area contributed by atoms with Gasteiger partial charge in [-0.25, -0.2) is 9.79 Å². The van der Waals surface area contributed by atoms with Crippen LogP contribution < -0.4 is 19.6 Å². The van der Waals surface area contributed by atoms with E-state index in [1.165, 1.54) is 23.0 Å². The maximum atomic E-state index is 13.9. The molecule has 1 aliphatic rings. The molecule has 0 unspecified atom stereocenters. The van der Waals surface area contributed by atoms with E-state index >= 15 is 0 Å². The number of carbonyl (C=O) groups excluding carboxylic acids is 1. The van der Waals surface area contributed by atoms with Gasteiger partial charge in [0.15, 0.2) is 4.80 Å². The summed E-state index contributed by atoms with van der Waals surface area (Å²) in [4.78, 5) is 32.3. The first kappa shape index (κ1) is 28.3. The van der Waals surface area contributed by atoms with E-state index in [-0.39, 0.29) is 30.1 Å². The van der Waals surface area contributed by atoms with Crippen LogP contribution in [0.4, 0.5) is 0 Å². The first-order valence-electron chi connectivity index (χ1n) is 11.8. The number of benzene rings is 2. The van der Waals surface area contributed by atoms with E-state index < -0.39 is 12.0 Å². The van der Waals surface area contributed by atoms with Gasteiger partial charge in [0.05, 0.1) is 38.0 Å². The predicted octanol–water partition coefficient (Wildman–Crippen LogP) is 4.44. The average Bonchev–Trinajstić information content (AvgIpc) is 3.19. The monoisotopic (exact) mass is 664 g/mol. The molecular formula is C27H26Br2N2O6S. The third-order valence-corrected chi connectivity index (χ3v) is 7.97. The van der Waals surface area contributed by atoms with Gasteiger partial charge in [-0.1, -0.05) is 36.5 Å². The lowest BCUT2D eigenvalue weighted by molar-refractivity contribution is -0.140. The number of ether oxygens (including phenoxy) is 3. The van der Waals surface area contributed by atoms with Crippen LogP contribution in [0.25, 0.3) is 6.08 Å². The van der Waals surface area contributed by atoms with Gasteiger partial charge in [-0.15, -0.1) is 0 Å². The Labute approximate surface area is 240 Å². The molecule has 0 spiro atoms. The first-order valence-corrected chi connectivity index (χ1v) is 14.2. The van der Waals surface area contributed by atoms with Crippen LogP contribution >= 0.6 is 43.2 Å². The highest BCUT2D eigenvalue weighted by Gasteiger charge is 2.35. The zero-order chi connectivity index (χ0) is 27.4. The van der Waals surface area contributed by atoms with Crippen molar-refractivity contribution in [3.63, 3.8) is 0 Å². The zero-order valence-corrected chi connectivity index (χ0v) is 25.0. The Morgan fingerprint density at radius 1 is 1.18 bits per heavy atom. The number of aromatic nitrogens is 1. The normalized spacial score (nSPS) is 15.3. The van der Waals surface area contributed by atoms with E-state index in [4.69, 9.17) is 14.2 Å². The van der Waals surface area contributed by atoms with Crippen molar-refractivity contribution in [3.05, 3.63) is 87.4 Å². The van der Waals surface area contributed by atoms with E-state index in [1.807, 2.05) is 31.2 Å². The second kappa shape index (κ2) is 12.4. The predicted molar refractivity (Wildman–Crippen MR) is 152 cm³/mol. The molecule has 2 heterocycles. The minimum atomic E-state index is -0.796. The van der Waals surface area contributed by atoms with Gasteiger partial charge in [0.1, 0.15) is 24.1 Å². The van der Waals surface area contributed by atoms with E-state index in [0.29, 0.717) is 47.5 Å². The molecular weight excluding hydrogens is 640 g/mol. The van der Waals surface area contributed by atoms with Gasteiger partial charge in [0.2, 0.25) is 0 Å². The molecule has 0 aliphatic carbocycles. The summed E-state index contributed by atoms with van der Waals surface area (Å²) in [5.41, 5.74) is 1.79. The number of phenolic OH excluding ortho intramolecular Hbond substituents is 1. The molecule has 1 aromatic heterocycles. The third kappa shape index (κ3) is 5.80. The van der Waals surface area contributed by atoms with Crippen molar-refractivity contribution in [2.75, 3.05) is 26.9 Å². The first-order chi connectivity index (χ1) is 18.3. The summed E-state index contributed by atoms with van der Waals surface area (Å²) >= 11 is 7.89. The molecule has 8 nitrogen and oxygen atoms in total. The molecule has 0 saturated heterocycles. The summed E-state index contributed by atoms with van der Waals surface area (Å²) in [6, 6.07) is 10.0. The number of hydrogen-bond donors (Lipinski definition) is 1. The number of rotatable bonds is 9. The fraction of sp³-hybridized carbons (Fsp3) is 0.296. The Morgan fingerprint density at radius 2 is 1.89 bits per heavy atom. The largest absolute Gasteiger partial charge is 0.506 e. The number of para-hydroxylation sites is 1. The topological polar surface area (TPSA) is 99.4 Å². The Morgan fingerprint density at radius 3 is 2.58 bits per heavy atom. The third-order valence-electron chi connectivity index (χ3n) is 5.77. The van der Waals surface area contributed by atoms with Gasteiger partial charge in [0.25, 0.3) is 5.56 Å². The van der Waals surface area contributed by atoms with Gasteiger partial charge in [-0.05, 0) is 75.0 Å². The Hall–Kier alpha value is -2.73. The Bertz CT molecular complexity index is 1550. The van der Waals surface area contributed by atoms with Crippen LogP contribution in [-0.4, -0.2) is 42.6 Å². The molecule has 1 atom stereocenters. The van der Waals surface area contributed by atoms with Crippen LogP contribution in [0.3, 0.4) is 0 Å². The van der Waals surface area contributed by atoms with E-state index in [2.05, 4.69) is 36.9 Å². The minimum Gasteiger partial charge on any atom is -0.506 e. The van der Waals surface area contributed by atoms with Crippen molar-refractivity contribution < 1.29 is 24.1 Å². The molecule has 1 aliphatic heterocycles. The number of halogens is 2. The number of hydrogen-bond acceptors (Lipinski definition) is 8.